The van der Waals surface area contributed by atoms with Crippen LogP contribution in [0.3, 0.4) is 0 Å². The minimum Gasteiger partial charge on any atom is -0.309 e. The molecule has 326 valence electrons. The topological polar surface area (TPSA) is 3.24 Å². The van der Waals surface area contributed by atoms with Crippen LogP contribution in [-0.4, -0.2) is 0 Å². The van der Waals surface area contributed by atoms with Crippen LogP contribution in [0.2, 0.25) is 0 Å². The van der Waals surface area contributed by atoms with Crippen LogP contribution < -0.4 is 4.90 Å². The van der Waals surface area contributed by atoms with E-state index in [0.29, 0.717) is 5.41 Å². The molecule has 2 heteroatoms. The highest BCUT2D eigenvalue weighted by atomic mass is 32.1. The fraction of sp³-hybridized carbons (Fsp3) is 0.134. The van der Waals surface area contributed by atoms with Crippen molar-refractivity contribution in [3.05, 3.63) is 236 Å². The predicted molar refractivity (Wildman–Crippen MR) is 290 cm³/mol. The van der Waals surface area contributed by atoms with Crippen molar-refractivity contribution in [2.45, 2.75) is 24.7 Å². The van der Waals surface area contributed by atoms with Gasteiger partial charge in [0.15, 0.2) is 0 Å². The number of para-hydroxylation sites is 2. The molecule has 1 heterocycles. The van der Waals surface area contributed by atoms with Crippen LogP contribution in [0.4, 0.5) is 17.1 Å². The van der Waals surface area contributed by atoms with Gasteiger partial charge < -0.3 is 4.90 Å². The summed E-state index contributed by atoms with van der Waals surface area (Å²) in [6.45, 7) is 0. The molecule has 0 aliphatic heterocycles. The molecule has 1 aromatic heterocycles. The highest BCUT2D eigenvalue weighted by Crippen LogP contribution is 2.94. The minimum atomic E-state index is 0.141. The Morgan fingerprint density at radius 1 is 0.377 bits per heavy atom. The lowest BCUT2D eigenvalue weighted by molar-refractivity contribution is -0.412. The molecule has 0 N–H and O–H groups in total. The molecule has 16 rings (SSSR count). The first-order valence-corrected chi connectivity index (χ1v) is 25.8. The van der Waals surface area contributed by atoms with Gasteiger partial charge in [0.25, 0.3) is 0 Å². The van der Waals surface area contributed by atoms with E-state index in [9.17, 15) is 0 Å². The van der Waals surface area contributed by atoms with Crippen molar-refractivity contribution in [3.63, 3.8) is 0 Å². The lowest BCUT2D eigenvalue weighted by atomic mass is 9.11. The van der Waals surface area contributed by atoms with Crippen molar-refractivity contribution in [1.82, 2.24) is 0 Å². The zero-order valence-corrected chi connectivity index (χ0v) is 39.0. The smallest absolute Gasteiger partial charge is 0.0540 e. The first-order valence-electron chi connectivity index (χ1n) is 25.0. The molecule has 5 aliphatic rings. The van der Waals surface area contributed by atoms with E-state index in [4.69, 9.17) is 0 Å². The Labute approximate surface area is 407 Å². The second kappa shape index (κ2) is 14.0. The van der Waals surface area contributed by atoms with E-state index in [1.54, 1.807) is 11.1 Å². The molecule has 0 radical (unpaired) electrons. The van der Waals surface area contributed by atoms with Gasteiger partial charge in [-0.3, -0.25) is 0 Å². The SMILES string of the molecule is c1ccc(-c2cccc3cccc(-c4ccccc4N(c4cccc(-c5cccc6sc7ccccc7c56)c4)c4ccccc4-c4ccc5c(c4)C4(c6ccccc6-5)C5CC6CC7CC4C675)c23)cc1. The van der Waals surface area contributed by atoms with Crippen LogP contribution in [0.1, 0.15) is 30.4 Å². The zero-order valence-electron chi connectivity index (χ0n) is 38.1. The van der Waals surface area contributed by atoms with Crippen molar-refractivity contribution in [2.75, 3.05) is 4.90 Å². The number of hydrogen-bond acceptors (Lipinski definition) is 2. The quantitative estimate of drug-likeness (QED) is 0.154. The third-order valence-corrected chi connectivity index (χ3v) is 19.3. The molecule has 1 nitrogen and oxygen atoms in total. The first kappa shape index (κ1) is 38.4. The fourth-order valence-corrected chi connectivity index (χ4v) is 16.7. The lowest BCUT2D eigenvalue weighted by Gasteiger charge is -2.92. The van der Waals surface area contributed by atoms with Crippen molar-refractivity contribution in [3.8, 4) is 55.6 Å². The Morgan fingerprint density at radius 2 is 0.957 bits per heavy atom. The van der Waals surface area contributed by atoms with E-state index in [0.717, 1.165) is 35.0 Å². The zero-order chi connectivity index (χ0) is 45.0. The average molecular weight is 898 g/mol. The van der Waals surface area contributed by atoms with Crippen LogP contribution in [-0.2, 0) is 5.41 Å². The molecule has 10 aromatic carbocycles. The lowest BCUT2D eigenvalue weighted by Crippen LogP contribution is -2.88. The average Bonchev–Trinajstić information content (AvgIpc) is 3.93. The summed E-state index contributed by atoms with van der Waals surface area (Å²) in [6.07, 6.45) is 4.28. The maximum absolute atomic E-state index is 2.65. The normalized spacial score (nSPS) is 23.0. The molecule has 0 amide bonds. The summed E-state index contributed by atoms with van der Waals surface area (Å²) in [7, 11) is 0. The van der Waals surface area contributed by atoms with E-state index < -0.39 is 0 Å². The summed E-state index contributed by atoms with van der Waals surface area (Å²) in [5.74, 6) is 3.49. The highest BCUT2D eigenvalue weighted by Gasteiger charge is 2.90. The third-order valence-electron chi connectivity index (χ3n) is 18.2. The van der Waals surface area contributed by atoms with Gasteiger partial charge in [-0.15, -0.1) is 11.3 Å². The highest BCUT2D eigenvalue weighted by molar-refractivity contribution is 7.25. The molecule has 5 aliphatic carbocycles. The Hall–Kier alpha value is -7.52. The largest absolute Gasteiger partial charge is 0.309 e. The van der Waals surface area contributed by atoms with Crippen LogP contribution in [0.25, 0.3) is 86.6 Å². The number of thiophene rings is 1. The molecule has 4 fully saturated rings. The number of anilines is 3. The molecule has 4 atom stereocenters. The molecular formula is C67H47NS. The summed E-state index contributed by atoms with van der Waals surface area (Å²) >= 11 is 1.88. The van der Waals surface area contributed by atoms with Crippen molar-refractivity contribution in [2.24, 2.45) is 29.1 Å². The number of benzene rings is 10. The minimum absolute atomic E-state index is 0.141. The predicted octanol–water partition coefficient (Wildman–Crippen LogP) is 18.3. The van der Waals surface area contributed by atoms with Crippen LogP contribution in [0.15, 0.2) is 224 Å². The maximum atomic E-state index is 2.65. The first-order chi connectivity index (χ1) is 34.2. The number of nitrogens with zero attached hydrogens (tertiary/aromatic N) is 1. The third kappa shape index (κ3) is 4.90. The Kier molecular flexibility index (Phi) is 7.82. The molecular weight excluding hydrogens is 851 g/mol. The van der Waals surface area contributed by atoms with Gasteiger partial charge in [-0.25, -0.2) is 0 Å². The fourth-order valence-electron chi connectivity index (χ4n) is 15.6. The van der Waals surface area contributed by atoms with Gasteiger partial charge in [-0.05, 0) is 157 Å². The summed E-state index contributed by atoms with van der Waals surface area (Å²) in [6, 6.07) is 84.9. The van der Waals surface area contributed by atoms with Gasteiger partial charge in [-0.2, -0.15) is 0 Å². The van der Waals surface area contributed by atoms with Gasteiger partial charge in [0.05, 0.1) is 11.4 Å². The van der Waals surface area contributed by atoms with Crippen LogP contribution in [0.5, 0.6) is 0 Å². The van der Waals surface area contributed by atoms with Crippen molar-refractivity contribution < 1.29 is 0 Å². The summed E-state index contributed by atoms with van der Waals surface area (Å²) in [5.41, 5.74) is 20.3. The number of hydrogen-bond donors (Lipinski definition) is 0. The van der Waals surface area contributed by atoms with Crippen LogP contribution in [0, 0.1) is 29.1 Å². The van der Waals surface area contributed by atoms with Gasteiger partial charge in [0, 0.05) is 42.4 Å². The van der Waals surface area contributed by atoms with Gasteiger partial charge in [-0.1, -0.05) is 182 Å². The molecule has 2 spiro atoms. The van der Waals surface area contributed by atoms with E-state index in [-0.39, 0.29) is 5.41 Å². The number of rotatable bonds is 7. The summed E-state index contributed by atoms with van der Waals surface area (Å²) < 4.78 is 2.64. The Balaban J connectivity index is 0.924. The van der Waals surface area contributed by atoms with E-state index in [1.807, 2.05) is 11.3 Å². The van der Waals surface area contributed by atoms with Gasteiger partial charge in [0.1, 0.15) is 0 Å². The van der Waals surface area contributed by atoms with Crippen molar-refractivity contribution >= 4 is 59.3 Å². The molecule has 69 heavy (non-hydrogen) atoms. The standard InChI is InChI=1S/C67H47NS/c1-2-16-41(17-3-1)49-26-13-18-42-19-14-28-54(64(42)49)53-24-6-10-31-59(53)68(47-21-12-20-43(36-47)50-27-15-33-61-65(50)55-25-7-11-32-60(55)69-61)58-30-9-5-22-48(58)44-34-35-52-51-23-4-8-29-56(51)67(57(52)37-44)62-39-45-38-46-40-63(67)66(45,46)62/h1-37,45-46,62-63H,38-40H2. The molecule has 4 unspecified atom stereocenters. The monoisotopic (exact) mass is 897 g/mol. The van der Waals surface area contributed by atoms with E-state index in [2.05, 4.69) is 229 Å². The summed E-state index contributed by atoms with van der Waals surface area (Å²) in [4.78, 5) is 2.57. The Bertz CT molecular complexity index is 3920. The second-order valence-corrected chi connectivity index (χ2v) is 21.7. The molecule has 0 saturated heterocycles. The van der Waals surface area contributed by atoms with E-state index in [1.165, 1.54) is 112 Å². The number of fused-ring (bicyclic) bond motifs is 11. The Morgan fingerprint density at radius 3 is 1.77 bits per heavy atom. The summed E-state index contributed by atoms with van der Waals surface area (Å²) in [5, 5.41) is 5.14. The molecule has 4 saturated carbocycles. The van der Waals surface area contributed by atoms with Gasteiger partial charge in [0.2, 0.25) is 0 Å². The van der Waals surface area contributed by atoms with E-state index >= 15 is 0 Å². The maximum Gasteiger partial charge on any atom is 0.0540 e. The second-order valence-electron chi connectivity index (χ2n) is 20.7. The van der Waals surface area contributed by atoms with Crippen LogP contribution >= 0.6 is 11.3 Å². The van der Waals surface area contributed by atoms with Gasteiger partial charge >= 0.3 is 0 Å². The molecule has 11 aromatic rings. The molecule has 0 bridgehead atoms. The van der Waals surface area contributed by atoms with Crippen molar-refractivity contribution in [1.29, 1.82) is 0 Å².